The van der Waals surface area contributed by atoms with Gasteiger partial charge in [0.2, 0.25) is 0 Å². The van der Waals surface area contributed by atoms with E-state index in [1.165, 1.54) is 12.1 Å². The summed E-state index contributed by atoms with van der Waals surface area (Å²) in [5.74, 6) is 0.00929. The second kappa shape index (κ2) is 4.90. The summed E-state index contributed by atoms with van der Waals surface area (Å²) in [6, 6.07) is 4.46. The van der Waals surface area contributed by atoms with Crippen LogP contribution in [0.25, 0.3) is 0 Å². The van der Waals surface area contributed by atoms with Crippen LogP contribution in [0.1, 0.15) is 12.0 Å². The van der Waals surface area contributed by atoms with Gasteiger partial charge in [-0.2, -0.15) is 0 Å². The number of rotatable bonds is 3. The first kappa shape index (κ1) is 14.0. The normalized spacial score (nSPS) is 26.4. The van der Waals surface area contributed by atoms with Crippen molar-refractivity contribution in [2.24, 2.45) is 11.1 Å². The quantitative estimate of drug-likeness (QED) is 0.917. The van der Waals surface area contributed by atoms with Crippen LogP contribution in [0.5, 0.6) is 0 Å². The Balaban J connectivity index is 2.26. The van der Waals surface area contributed by atoms with Gasteiger partial charge in [-0.15, -0.1) is 0 Å². The van der Waals surface area contributed by atoms with Crippen LogP contribution in [0.3, 0.4) is 0 Å². The van der Waals surface area contributed by atoms with Crippen LogP contribution in [0, 0.1) is 11.2 Å². The molecule has 1 aromatic rings. The van der Waals surface area contributed by atoms with E-state index >= 15 is 0 Å². The first-order chi connectivity index (χ1) is 8.36. The van der Waals surface area contributed by atoms with Gasteiger partial charge < -0.3 is 5.73 Å². The summed E-state index contributed by atoms with van der Waals surface area (Å²) < 4.78 is 36.9. The Hall–Kier alpha value is -0.460. The van der Waals surface area contributed by atoms with Crippen molar-refractivity contribution in [2.75, 3.05) is 18.1 Å². The molecule has 1 aliphatic heterocycles. The van der Waals surface area contributed by atoms with Crippen molar-refractivity contribution in [3.8, 4) is 0 Å². The molecule has 1 heterocycles. The average molecular weight is 336 g/mol. The lowest BCUT2D eigenvalue weighted by Gasteiger charge is -2.26. The fourth-order valence-electron chi connectivity index (χ4n) is 2.42. The van der Waals surface area contributed by atoms with Crippen molar-refractivity contribution >= 4 is 25.8 Å². The predicted molar refractivity (Wildman–Crippen MR) is 72.6 cm³/mol. The lowest BCUT2D eigenvalue weighted by molar-refractivity contribution is 0.344. The molecule has 6 heteroatoms. The van der Waals surface area contributed by atoms with Gasteiger partial charge in [0.1, 0.15) is 5.82 Å². The van der Waals surface area contributed by atoms with E-state index in [2.05, 4.69) is 15.9 Å². The minimum atomic E-state index is -2.98. The van der Waals surface area contributed by atoms with E-state index in [-0.39, 0.29) is 17.3 Å². The van der Waals surface area contributed by atoms with Crippen molar-refractivity contribution < 1.29 is 12.8 Å². The number of halogens is 2. The maximum absolute atomic E-state index is 13.0. The molecule has 1 saturated heterocycles. The van der Waals surface area contributed by atoms with E-state index in [1.54, 1.807) is 6.07 Å². The molecule has 0 radical (unpaired) electrons. The largest absolute Gasteiger partial charge is 0.330 e. The highest BCUT2D eigenvalue weighted by atomic mass is 79.9. The monoisotopic (exact) mass is 335 g/mol. The molecule has 18 heavy (non-hydrogen) atoms. The Morgan fingerprint density at radius 2 is 2.17 bits per heavy atom. The van der Waals surface area contributed by atoms with E-state index in [1.807, 2.05) is 0 Å². The van der Waals surface area contributed by atoms with Crippen LogP contribution < -0.4 is 5.73 Å². The maximum atomic E-state index is 13.0. The average Bonchev–Trinajstić information content (AvgIpc) is 2.59. The van der Waals surface area contributed by atoms with Gasteiger partial charge in [0, 0.05) is 9.89 Å². The standard InChI is InChI=1S/C12H15BrFNO2S/c13-11-5-10(14)2-1-9(11)6-12(7-15)3-4-18(16,17)8-12/h1-2,5H,3-4,6-8,15H2. The zero-order valence-electron chi connectivity index (χ0n) is 9.83. The zero-order chi connectivity index (χ0) is 13.4. The molecule has 1 fully saturated rings. The molecule has 1 atom stereocenters. The second-order valence-electron chi connectivity index (χ2n) is 4.96. The summed E-state index contributed by atoms with van der Waals surface area (Å²) >= 11 is 3.31. The van der Waals surface area contributed by atoms with Gasteiger partial charge in [-0.3, -0.25) is 0 Å². The second-order valence-corrected chi connectivity index (χ2v) is 8.00. The van der Waals surface area contributed by atoms with Gasteiger partial charge in [-0.25, -0.2) is 12.8 Å². The number of hydrogen-bond donors (Lipinski definition) is 1. The first-order valence-electron chi connectivity index (χ1n) is 5.70. The molecule has 0 amide bonds. The van der Waals surface area contributed by atoms with E-state index in [0.29, 0.717) is 23.9 Å². The fraction of sp³-hybridized carbons (Fsp3) is 0.500. The molecule has 2 rings (SSSR count). The van der Waals surface area contributed by atoms with Crippen LogP contribution in [-0.2, 0) is 16.3 Å². The first-order valence-corrected chi connectivity index (χ1v) is 8.32. The molecular weight excluding hydrogens is 321 g/mol. The molecular formula is C12H15BrFNO2S. The van der Waals surface area contributed by atoms with Crippen LogP contribution in [0.4, 0.5) is 4.39 Å². The maximum Gasteiger partial charge on any atom is 0.150 e. The highest BCUT2D eigenvalue weighted by Gasteiger charge is 2.41. The summed E-state index contributed by atoms with van der Waals surface area (Å²) in [6.07, 6.45) is 1.14. The predicted octanol–water partition coefficient (Wildman–Crippen LogP) is 1.89. The molecule has 3 nitrogen and oxygen atoms in total. The van der Waals surface area contributed by atoms with Crippen LogP contribution >= 0.6 is 15.9 Å². The Morgan fingerprint density at radius 1 is 1.44 bits per heavy atom. The van der Waals surface area contributed by atoms with Crippen molar-refractivity contribution in [1.82, 2.24) is 0 Å². The van der Waals surface area contributed by atoms with Gasteiger partial charge >= 0.3 is 0 Å². The van der Waals surface area contributed by atoms with E-state index in [0.717, 1.165) is 5.56 Å². The smallest absolute Gasteiger partial charge is 0.150 e. The zero-order valence-corrected chi connectivity index (χ0v) is 12.2. The fourth-order valence-corrected chi connectivity index (χ4v) is 5.10. The Kier molecular flexibility index (Phi) is 3.80. The molecule has 2 N–H and O–H groups in total. The molecule has 1 unspecified atom stereocenters. The van der Waals surface area contributed by atoms with Crippen molar-refractivity contribution in [3.63, 3.8) is 0 Å². The summed E-state index contributed by atoms with van der Waals surface area (Å²) in [7, 11) is -2.98. The summed E-state index contributed by atoms with van der Waals surface area (Å²) in [5, 5.41) is 0. The summed E-state index contributed by atoms with van der Waals surface area (Å²) in [6.45, 7) is 0.329. The third-order valence-corrected chi connectivity index (χ3v) is 6.10. The number of sulfone groups is 1. The summed E-state index contributed by atoms with van der Waals surface area (Å²) in [5.41, 5.74) is 6.26. The Labute approximate surface area is 115 Å². The molecule has 0 spiro atoms. The van der Waals surface area contributed by atoms with E-state index in [4.69, 9.17) is 5.73 Å². The lowest BCUT2D eigenvalue weighted by Crippen LogP contribution is -2.34. The minimum absolute atomic E-state index is 0.125. The van der Waals surface area contributed by atoms with Gasteiger partial charge in [-0.1, -0.05) is 22.0 Å². The minimum Gasteiger partial charge on any atom is -0.330 e. The Morgan fingerprint density at radius 3 is 2.67 bits per heavy atom. The summed E-state index contributed by atoms with van der Waals surface area (Å²) in [4.78, 5) is 0. The molecule has 0 aromatic heterocycles. The van der Waals surface area contributed by atoms with Gasteiger partial charge in [0.25, 0.3) is 0 Å². The molecule has 0 aliphatic carbocycles. The van der Waals surface area contributed by atoms with E-state index < -0.39 is 15.3 Å². The van der Waals surface area contributed by atoms with Gasteiger partial charge in [0.15, 0.2) is 9.84 Å². The third-order valence-electron chi connectivity index (χ3n) is 3.48. The van der Waals surface area contributed by atoms with Crippen molar-refractivity contribution in [3.05, 3.63) is 34.1 Å². The van der Waals surface area contributed by atoms with Crippen molar-refractivity contribution in [1.29, 1.82) is 0 Å². The molecule has 0 saturated carbocycles. The third kappa shape index (κ3) is 2.92. The van der Waals surface area contributed by atoms with Gasteiger partial charge in [-0.05, 0) is 37.1 Å². The molecule has 100 valence electrons. The number of hydrogen-bond acceptors (Lipinski definition) is 3. The highest BCUT2D eigenvalue weighted by molar-refractivity contribution is 9.10. The highest BCUT2D eigenvalue weighted by Crippen LogP contribution is 2.36. The van der Waals surface area contributed by atoms with Gasteiger partial charge in [0.05, 0.1) is 11.5 Å². The topological polar surface area (TPSA) is 60.2 Å². The molecule has 1 aliphatic rings. The number of benzene rings is 1. The molecule has 1 aromatic carbocycles. The van der Waals surface area contributed by atoms with E-state index in [9.17, 15) is 12.8 Å². The molecule has 0 bridgehead atoms. The van der Waals surface area contributed by atoms with Crippen molar-refractivity contribution in [2.45, 2.75) is 12.8 Å². The van der Waals surface area contributed by atoms with Crippen LogP contribution in [0.15, 0.2) is 22.7 Å². The SMILES string of the molecule is NCC1(Cc2ccc(F)cc2Br)CCS(=O)(=O)C1. The van der Waals surface area contributed by atoms with Crippen LogP contribution in [0.2, 0.25) is 0 Å². The number of nitrogens with two attached hydrogens (primary N) is 1. The lowest BCUT2D eigenvalue weighted by atomic mass is 9.81. The Bertz CT molecular complexity index is 561. The van der Waals surface area contributed by atoms with Crippen LogP contribution in [-0.4, -0.2) is 26.5 Å².